The topological polar surface area (TPSA) is 55.8 Å². The zero-order valence-electron chi connectivity index (χ0n) is 14.6. The SMILES string of the molecule is CO[C@H]1CCC[C@@H](CCCOC(=O)[C@@H]2CCCCN2C(C)=O)C1. The molecule has 0 aromatic rings. The molecule has 1 heterocycles. The van der Waals surface area contributed by atoms with Gasteiger partial charge in [0.2, 0.25) is 5.91 Å². The third-order valence-corrected chi connectivity index (χ3v) is 5.25. The number of likely N-dealkylation sites (tertiary alicyclic amines) is 1. The molecule has 132 valence electrons. The van der Waals surface area contributed by atoms with Gasteiger partial charge in [-0.1, -0.05) is 12.8 Å². The number of esters is 1. The first-order chi connectivity index (χ1) is 11.1. The first-order valence-corrected chi connectivity index (χ1v) is 9.08. The Morgan fingerprint density at radius 2 is 1.96 bits per heavy atom. The standard InChI is InChI=1S/C18H31NO4/c1-14(20)19-11-4-3-10-17(19)18(21)23-12-6-8-15-7-5-9-16(13-15)22-2/h15-17H,3-13H2,1-2H3/t15-,16-,17-/m0/s1. The Labute approximate surface area is 139 Å². The minimum atomic E-state index is -0.367. The number of carbonyl (C=O) groups excluding carboxylic acids is 2. The molecule has 0 N–H and O–H groups in total. The average Bonchev–Trinajstić information content (AvgIpc) is 2.58. The number of piperidine rings is 1. The maximum atomic E-state index is 12.2. The van der Waals surface area contributed by atoms with E-state index in [4.69, 9.17) is 9.47 Å². The van der Waals surface area contributed by atoms with Gasteiger partial charge in [0.25, 0.3) is 0 Å². The van der Waals surface area contributed by atoms with Crippen LogP contribution in [0.2, 0.25) is 0 Å². The van der Waals surface area contributed by atoms with E-state index in [0.29, 0.717) is 25.2 Å². The minimum absolute atomic E-state index is 0.0283. The normalized spacial score (nSPS) is 28.4. The van der Waals surface area contributed by atoms with E-state index < -0.39 is 0 Å². The van der Waals surface area contributed by atoms with Gasteiger partial charge in [0, 0.05) is 20.6 Å². The average molecular weight is 325 g/mol. The van der Waals surface area contributed by atoms with Gasteiger partial charge in [-0.25, -0.2) is 4.79 Å². The van der Waals surface area contributed by atoms with Gasteiger partial charge < -0.3 is 14.4 Å². The number of amides is 1. The van der Waals surface area contributed by atoms with Gasteiger partial charge in [0.05, 0.1) is 12.7 Å². The van der Waals surface area contributed by atoms with E-state index in [0.717, 1.165) is 38.5 Å². The first kappa shape index (κ1) is 18.2. The maximum absolute atomic E-state index is 12.2. The summed E-state index contributed by atoms with van der Waals surface area (Å²) in [5.41, 5.74) is 0. The van der Waals surface area contributed by atoms with Crippen molar-refractivity contribution >= 4 is 11.9 Å². The molecular formula is C18H31NO4. The van der Waals surface area contributed by atoms with Crippen LogP contribution in [-0.4, -0.2) is 49.2 Å². The second kappa shape index (κ2) is 9.26. The molecule has 1 saturated heterocycles. The number of nitrogens with zero attached hydrogens (tertiary/aromatic N) is 1. The zero-order chi connectivity index (χ0) is 16.7. The molecule has 0 aromatic heterocycles. The molecule has 0 radical (unpaired) electrons. The van der Waals surface area contributed by atoms with E-state index in [2.05, 4.69) is 0 Å². The Balaban J connectivity index is 1.67. The molecule has 23 heavy (non-hydrogen) atoms. The van der Waals surface area contributed by atoms with Crippen molar-refractivity contribution in [3.05, 3.63) is 0 Å². The predicted molar refractivity (Wildman–Crippen MR) is 88.0 cm³/mol. The van der Waals surface area contributed by atoms with Crippen LogP contribution >= 0.6 is 0 Å². The lowest BCUT2D eigenvalue weighted by Crippen LogP contribution is -2.47. The number of ether oxygens (including phenoxy) is 2. The Bertz CT molecular complexity index is 398. The van der Waals surface area contributed by atoms with Crippen molar-refractivity contribution in [1.29, 1.82) is 0 Å². The third-order valence-electron chi connectivity index (χ3n) is 5.25. The van der Waals surface area contributed by atoms with E-state index >= 15 is 0 Å². The van der Waals surface area contributed by atoms with Gasteiger partial charge in [-0.15, -0.1) is 0 Å². The smallest absolute Gasteiger partial charge is 0.328 e. The van der Waals surface area contributed by atoms with Gasteiger partial charge in [-0.2, -0.15) is 0 Å². The van der Waals surface area contributed by atoms with Gasteiger partial charge in [-0.05, 0) is 50.9 Å². The molecule has 1 amide bonds. The lowest BCUT2D eigenvalue weighted by Gasteiger charge is -2.33. The highest BCUT2D eigenvalue weighted by Gasteiger charge is 2.31. The summed E-state index contributed by atoms with van der Waals surface area (Å²) in [5, 5.41) is 0. The lowest BCUT2D eigenvalue weighted by molar-refractivity contribution is -0.156. The number of methoxy groups -OCH3 is 1. The summed E-state index contributed by atoms with van der Waals surface area (Å²) in [6.07, 6.45) is 9.89. The molecule has 0 aromatic carbocycles. The number of carbonyl (C=O) groups is 2. The molecule has 2 rings (SSSR count). The van der Waals surface area contributed by atoms with E-state index in [1.54, 1.807) is 12.0 Å². The maximum Gasteiger partial charge on any atom is 0.328 e. The van der Waals surface area contributed by atoms with Crippen LogP contribution in [0, 0.1) is 5.92 Å². The highest BCUT2D eigenvalue weighted by atomic mass is 16.5. The molecule has 5 heteroatoms. The van der Waals surface area contributed by atoms with Crippen LogP contribution in [0.25, 0.3) is 0 Å². The quantitative estimate of drug-likeness (QED) is 0.556. The van der Waals surface area contributed by atoms with Crippen molar-refractivity contribution in [3.8, 4) is 0 Å². The molecule has 0 spiro atoms. The van der Waals surface area contributed by atoms with E-state index in [1.165, 1.54) is 26.2 Å². The summed E-state index contributed by atoms with van der Waals surface area (Å²) in [6.45, 7) is 2.67. The summed E-state index contributed by atoms with van der Waals surface area (Å²) >= 11 is 0. The summed E-state index contributed by atoms with van der Waals surface area (Å²) in [6, 6.07) is -0.367. The molecule has 5 nitrogen and oxygen atoms in total. The molecule has 2 fully saturated rings. The second-order valence-electron chi connectivity index (χ2n) is 6.92. The van der Waals surface area contributed by atoms with Crippen LogP contribution in [0.3, 0.4) is 0 Å². The summed E-state index contributed by atoms with van der Waals surface area (Å²) in [4.78, 5) is 25.5. The fraction of sp³-hybridized carbons (Fsp3) is 0.889. The minimum Gasteiger partial charge on any atom is -0.464 e. The molecule has 2 aliphatic rings. The lowest BCUT2D eigenvalue weighted by atomic mass is 9.84. The molecular weight excluding hydrogens is 294 g/mol. The summed E-state index contributed by atoms with van der Waals surface area (Å²) in [7, 11) is 1.79. The van der Waals surface area contributed by atoms with E-state index in [-0.39, 0.29) is 17.9 Å². The van der Waals surface area contributed by atoms with Gasteiger partial charge in [0.15, 0.2) is 0 Å². The Kier molecular flexibility index (Phi) is 7.34. The Morgan fingerprint density at radius 3 is 2.70 bits per heavy atom. The molecule has 3 atom stereocenters. The van der Waals surface area contributed by atoms with E-state index in [9.17, 15) is 9.59 Å². The van der Waals surface area contributed by atoms with Crippen molar-refractivity contribution in [2.45, 2.75) is 76.9 Å². The Hall–Kier alpha value is -1.10. The van der Waals surface area contributed by atoms with Crippen LogP contribution in [0.1, 0.15) is 64.7 Å². The van der Waals surface area contributed by atoms with Gasteiger partial charge >= 0.3 is 5.97 Å². The fourth-order valence-corrected chi connectivity index (χ4v) is 3.91. The zero-order valence-corrected chi connectivity index (χ0v) is 14.6. The van der Waals surface area contributed by atoms with Crippen LogP contribution in [0.5, 0.6) is 0 Å². The first-order valence-electron chi connectivity index (χ1n) is 9.08. The van der Waals surface area contributed by atoms with Crippen LogP contribution in [0.15, 0.2) is 0 Å². The van der Waals surface area contributed by atoms with Crippen LogP contribution in [-0.2, 0) is 19.1 Å². The molecule has 1 aliphatic heterocycles. The van der Waals surface area contributed by atoms with Gasteiger partial charge in [-0.3, -0.25) is 4.79 Å². The largest absolute Gasteiger partial charge is 0.464 e. The van der Waals surface area contributed by atoms with Crippen LogP contribution < -0.4 is 0 Å². The molecule has 1 saturated carbocycles. The number of rotatable bonds is 6. The fourth-order valence-electron chi connectivity index (χ4n) is 3.91. The third kappa shape index (κ3) is 5.48. The van der Waals surface area contributed by atoms with E-state index in [1.807, 2.05) is 0 Å². The van der Waals surface area contributed by atoms with Crippen molar-refractivity contribution < 1.29 is 19.1 Å². The van der Waals surface area contributed by atoms with Crippen molar-refractivity contribution in [2.24, 2.45) is 5.92 Å². The van der Waals surface area contributed by atoms with Gasteiger partial charge in [0.1, 0.15) is 6.04 Å². The highest BCUT2D eigenvalue weighted by molar-refractivity contribution is 5.83. The highest BCUT2D eigenvalue weighted by Crippen LogP contribution is 2.29. The van der Waals surface area contributed by atoms with Crippen molar-refractivity contribution in [1.82, 2.24) is 4.90 Å². The van der Waals surface area contributed by atoms with Crippen molar-refractivity contribution in [3.63, 3.8) is 0 Å². The summed E-state index contributed by atoms with van der Waals surface area (Å²) in [5.74, 6) is 0.438. The monoisotopic (exact) mass is 325 g/mol. The van der Waals surface area contributed by atoms with Crippen molar-refractivity contribution in [2.75, 3.05) is 20.3 Å². The Morgan fingerprint density at radius 1 is 1.13 bits per heavy atom. The van der Waals surface area contributed by atoms with Crippen LogP contribution in [0.4, 0.5) is 0 Å². The summed E-state index contributed by atoms with van der Waals surface area (Å²) < 4.78 is 10.9. The molecule has 0 unspecified atom stereocenters. The second-order valence-corrected chi connectivity index (χ2v) is 6.92. The number of hydrogen-bond acceptors (Lipinski definition) is 4. The predicted octanol–water partition coefficient (Wildman–Crippen LogP) is 2.92. The molecule has 1 aliphatic carbocycles. The molecule has 0 bridgehead atoms. The number of hydrogen-bond donors (Lipinski definition) is 0.